The fourth-order valence-electron chi connectivity index (χ4n) is 2.68. The largest absolute Gasteiger partial charge is 0.493 e. The first kappa shape index (κ1) is 19.3. The fraction of sp³-hybridized carbons (Fsp3) is 0.389. The molecule has 8 heteroatoms. The number of carboxylic acids is 1. The predicted molar refractivity (Wildman–Crippen MR) is 96.4 cm³/mol. The number of hydrogen-bond acceptors (Lipinski definition) is 5. The standard InChI is InChI=1S/C18H23N3O5/c1-10-12(9-19-21(10)18(2,3)4)16(22)20-13-7-11(17(23)24)8-14(25-5)15(13)26-6/h7-9H,1-6H3,(H,20,22)(H,23,24). The Morgan fingerprint density at radius 2 is 1.85 bits per heavy atom. The summed E-state index contributed by atoms with van der Waals surface area (Å²) >= 11 is 0. The SMILES string of the molecule is COc1cc(C(=O)O)cc(NC(=O)c2cnn(C(C)(C)C)c2C)c1OC. The number of nitrogens with zero attached hydrogens (tertiary/aromatic N) is 2. The summed E-state index contributed by atoms with van der Waals surface area (Å²) in [7, 11) is 2.81. The minimum Gasteiger partial charge on any atom is -0.493 e. The van der Waals surface area contributed by atoms with Crippen LogP contribution in [-0.2, 0) is 5.54 Å². The normalized spacial score (nSPS) is 11.2. The Kier molecular flexibility index (Phi) is 5.25. The average molecular weight is 361 g/mol. The number of carbonyl (C=O) groups is 2. The molecule has 0 fully saturated rings. The maximum atomic E-state index is 12.7. The van der Waals surface area contributed by atoms with Gasteiger partial charge in [0.2, 0.25) is 0 Å². The van der Waals surface area contributed by atoms with Gasteiger partial charge in [0.05, 0.1) is 42.8 Å². The lowest BCUT2D eigenvalue weighted by Gasteiger charge is -2.21. The number of carbonyl (C=O) groups excluding carboxylic acids is 1. The van der Waals surface area contributed by atoms with Gasteiger partial charge in [0.1, 0.15) is 0 Å². The lowest BCUT2D eigenvalue weighted by Crippen LogP contribution is -2.25. The van der Waals surface area contributed by atoms with E-state index in [-0.39, 0.29) is 28.3 Å². The number of nitrogens with one attached hydrogen (secondary N) is 1. The van der Waals surface area contributed by atoms with Crippen LogP contribution in [0.2, 0.25) is 0 Å². The van der Waals surface area contributed by atoms with E-state index < -0.39 is 11.9 Å². The molecule has 0 aliphatic carbocycles. The molecule has 2 aromatic rings. The van der Waals surface area contributed by atoms with E-state index in [9.17, 15) is 14.7 Å². The van der Waals surface area contributed by atoms with E-state index in [1.165, 1.54) is 32.5 Å². The smallest absolute Gasteiger partial charge is 0.335 e. The molecule has 140 valence electrons. The van der Waals surface area contributed by atoms with E-state index in [1.54, 1.807) is 11.6 Å². The van der Waals surface area contributed by atoms with Gasteiger partial charge in [-0.3, -0.25) is 9.48 Å². The second-order valence-electron chi connectivity index (χ2n) is 6.74. The monoisotopic (exact) mass is 361 g/mol. The molecule has 2 N–H and O–H groups in total. The van der Waals surface area contributed by atoms with Crippen LogP contribution >= 0.6 is 0 Å². The van der Waals surface area contributed by atoms with Crippen molar-refractivity contribution in [2.75, 3.05) is 19.5 Å². The molecule has 0 bridgehead atoms. The maximum absolute atomic E-state index is 12.7. The van der Waals surface area contributed by atoms with Gasteiger partial charge in [-0.15, -0.1) is 0 Å². The van der Waals surface area contributed by atoms with Gasteiger partial charge >= 0.3 is 5.97 Å². The molecule has 0 aliphatic heterocycles. The van der Waals surface area contributed by atoms with Gasteiger partial charge < -0.3 is 19.9 Å². The minimum absolute atomic E-state index is 0.0277. The van der Waals surface area contributed by atoms with Gasteiger partial charge in [-0.2, -0.15) is 5.10 Å². The quantitative estimate of drug-likeness (QED) is 0.849. The molecule has 1 aromatic heterocycles. The Morgan fingerprint density at radius 1 is 1.19 bits per heavy atom. The van der Waals surface area contributed by atoms with Crippen molar-refractivity contribution >= 4 is 17.6 Å². The molecule has 26 heavy (non-hydrogen) atoms. The van der Waals surface area contributed by atoms with E-state index >= 15 is 0 Å². The van der Waals surface area contributed by atoms with Crippen LogP contribution in [-0.4, -0.2) is 41.0 Å². The van der Waals surface area contributed by atoms with Gasteiger partial charge in [0.25, 0.3) is 5.91 Å². The number of aromatic nitrogens is 2. The summed E-state index contributed by atoms with van der Waals surface area (Å²) < 4.78 is 12.2. The zero-order valence-corrected chi connectivity index (χ0v) is 15.7. The number of anilines is 1. The van der Waals surface area contributed by atoms with Crippen LogP contribution in [0.4, 0.5) is 5.69 Å². The average Bonchev–Trinajstić information content (AvgIpc) is 2.95. The van der Waals surface area contributed by atoms with Gasteiger partial charge in [-0.25, -0.2) is 4.79 Å². The molecule has 0 unspecified atom stereocenters. The van der Waals surface area contributed by atoms with Crippen LogP contribution in [0.25, 0.3) is 0 Å². The fourth-order valence-corrected chi connectivity index (χ4v) is 2.68. The third kappa shape index (κ3) is 3.63. The predicted octanol–water partition coefficient (Wildman–Crippen LogP) is 2.91. The second kappa shape index (κ2) is 7.07. The van der Waals surface area contributed by atoms with Crippen molar-refractivity contribution in [3.05, 3.63) is 35.2 Å². The number of ether oxygens (including phenoxy) is 2. The van der Waals surface area contributed by atoms with E-state index in [0.29, 0.717) is 11.3 Å². The summed E-state index contributed by atoms with van der Waals surface area (Å²) in [6, 6.07) is 2.66. The molecule has 0 spiro atoms. The van der Waals surface area contributed by atoms with E-state index in [2.05, 4.69) is 10.4 Å². The maximum Gasteiger partial charge on any atom is 0.335 e. The zero-order chi connectivity index (χ0) is 19.6. The molecule has 0 aliphatic rings. The van der Waals surface area contributed by atoms with E-state index in [0.717, 1.165) is 0 Å². The highest BCUT2D eigenvalue weighted by molar-refractivity contribution is 6.06. The first-order valence-electron chi connectivity index (χ1n) is 7.96. The summed E-state index contributed by atoms with van der Waals surface area (Å²) in [5, 5.41) is 16.2. The Balaban J connectivity index is 2.45. The lowest BCUT2D eigenvalue weighted by molar-refractivity contribution is 0.0696. The number of hydrogen-bond donors (Lipinski definition) is 2. The van der Waals surface area contributed by atoms with Crippen molar-refractivity contribution in [1.82, 2.24) is 9.78 Å². The third-order valence-corrected chi connectivity index (χ3v) is 3.86. The van der Waals surface area contributed by atoms with Crippen molar-refractivity contribution < 1.29 is 24.2 Å². The molecule has 1 heterocycles. The Hall–Kier alpha value is -3.03. The van der Waals surface area contributed by atoms with Gasteiger partial charge in [0.15, 0.2) is 11.5 Å². The van der Waals surface area contributed by atoms with Crippen molar-refractivity contribution in [2.24, 2.45) is 0 Å². The van der Waals surface area contributed by atoms with Crippen LogP contribution in [0.15, 0.2) is 18.3 Å². The van der Waals surface area contributed by atoms with Crippen LogP contribution in [0.3, 0.4) is 0 Å². The number of rotatable bonds is 5. The van der Waals surface area contributed by atoms with Gasteiger partial charge in [0, 0.05) is 5.69 Å². The Labute approximate surface area is 151 Å². The summed E-state index contributed by atoms with van der Waals surface area (Å²) in [6.07, 6.45) is 1.49. The highest BCUT2D eigenvalue weighted by Gasteiger charge is 2.23. The van der Waals surface area contributed by atoms with Crippen molar-refractivity contribution in [1.29, 1.82) is 0 Å². The van der Waals surface area contributed by atoms with Gasteiger partial charge in [-0.1, -0.05) is 0 Å². The van der Waals surface area contributed by atoms with Crippen molar-refractivity contribution in [3.8, 4) is 11.5 Å². The molecule has 2 rings (SSSR count). The number of carboxylic acid groups (broad SMARTS) is 1. The summed E-state index contributed by atoms with van der Waals surface area (Å²) in [6.45, 7) is 7.76. The first-order valence-corrected chi connectivity index (χ1v) is 7.96. The number of aromatic carboxylic acids is 1. The van der Waals surface area contributed by atoms with Crippen LogP contribution < -0.4 is 14.8 Å². The van der Waals surface area contributed by atoms with E-state index in [1.807, 2.05) is 20.8 Å². The highest BCUT2D eigenvalue weighted by Crippen LogP contribution is 2.37. The van der Waals surface area contributed by atoms with Crippen LogP contribution in [0.5, 0.6) is 11.5 Å². The highest BCUT2D eigenvalue weighted by atomic mass is 16.5. The first-order chi connectivity index (χ1) is 12.1. The topological polar surface area (TPSA) is 103 Å². The summed E-state index contributed by atoms with van der Waals surface area (Å²) in [4.78, 5) is 24.0. The molecule has 8 nitrogen and oxygen atoms in total. The zero-order valence-electron chi connectivity index (χ0n) is 15.7. The number of benzene rings is 1. The van der Waals surface area contributed by atoms with Crippen LogP contribution in [0, 0.1) is 6.92 Å². The summed E-state index contributed by atoms with van der Waals surface area (Å²) in [5.74, 6) is -1.10. The van der Waals surface area contributed by atoms with Gasteiger partial charge in [-0.05, 0) is 39.8 Å². The summed E-state index contributed by atoms with van der Waals surface area (Å²) in [5.41, 5.74) is 1.00. The Morgan fingerprint density at radius 3 is 2.31 bits per heavy atom. The molecule has 0 radical (unpaired) electrons. The third-order valence-electron chi connectivity index (χ3n) is 3.86. The Bertz CT molecular complexity index is 849. The molecule has 0 saturated heterocycles. The molecule has 0 saturated carbocycles. The molecular weight excluding hydrogens is 338 g/mol. The number of amides is 1. The molecule has 0 atom stereocenters. The number of methoxy groups -OCH3 is 2. The molecule has 1 aromatic carbocycles. The van der Waals surface area contributed by atoms with Crippen molar-refractivity contribution in [3.63, 3.8) is 0 Å². The lowest BCUT2D eigenvalue weighted by atomic mass is 10.1. The molecule has 1 amide bonds. The van der Waals surface area contributed by atoms with Crippen LogP contribution in [0.1, 0.15) is 47.2 Å². The molecular formula is C18H23N3O5. The van der Waals surface area contributed by atoms with Crippen molar-refractivity contribution in [2.45, 2.75) is 33.2 Å². The minimum atomic E-state index is -1.14. The second-order valence-corrected chi connectivity index (χ2v) is 6.74. The van der Waals surface area contributed by atoms with E-state index in [4.69, 9.17) is 9.47 Å².